The molecule has 6 nitrogen and oxygen atoms in total. The van der Waals surface area contributed by atoms with E-state index >= 15 is 0 Å². The summed E-state index contributed by atoms with van der Waals surface area (Å²) in [5, 5.41) is 15.4. The molecule has 1 aromatic heterocycles. The van der Waals surface area contributed by atoms with Crippen molar-refractivity contribution in [2.24, 2.45) is 5.92 Å². The van der Waals surface area contributed by atoms with Crippen LogP contribution in [-0.4, -0.2) is 32.8 Å². The lowest BCUT2D eigenvalue weighted by Crippen LogP contribution is -2.38. The first-order valence-corrected chi connectivity index (χ1v) is 6.45. The number of amides is 1. The first-order valence-electron chi connectivity index (χ1n) is 6.45. The number of hydrogen-bond donors (Lipinski definition) is 2. The van der Waals surface area contributed by atoms with Gasteiger partial charge in [0.15, 0.2) is 0 Å². The summed E-state index contributed by atoms with van der Waals surface area (Å²) < 4.78 is 1.81. The van der Waals surface area contributed by atoms with Gasteiger partial charge in [-0.1, -0.05) is 20.8 Å². The van der Waals surface area contributed by atoms with Gasteiger partial charge in [0.25, 0.3) is 5.91 Å². The van der Waals surface area contributed by atoms with Gasteiger partial charge in [-0.3, -0.25) is 14.3 Å². The van der Waals surface area contributed by atoms with Crippen molar-refractivity contribution < 1.29 is 14.7 Å². The van der Waals surface area contributed by atoms with Gasteiger partial charge in [-0.05, 0) is 19.3 Å². The van der Waals surface area contributed by atoms with Gasteiger partial charge in [-0.2, -0.15) is 5.10 Å². The fraction of sp³-hybridized carbons (Fsp3) is 0.615. The summed E-state index contributed by atoms with van der Waals surface area (Å²) in [5.41, 5.74) is 1.29. The Morgan fingerprint density at radius 2 is 2.05 bits per heavy atom. The van der Waals surface area contributed by atoms with E-state index in [1.807, 2.05) is 11.6 Å². The fourth-order valence-electron chi connectivity index (χ4n) is 1.81. The van der Waals surface area contributed by atoms with Gasteiger partial charge in [0.1, 0.15) is 6.04 Å². The van der Waals surface area contributed by atoms with Gasteiger partial charge in [0.05, 0.1) is 17.5 Å². The number of nitrogens with one attached hydrogen (secondary N) is 1. The molecule has 1 atom stereocenters. The second-order valence-electron chi connectivity index (χ2n) is 4.97. The normalized spacial score (nSPS) is 12.5. The number of rotatable bonds is 6. The average molecular weight is 267 g/mol. The lowest BCUT2D eigenvalue weighted by Gasteiger charge is -2.11. The molecular formula is C13H21N3O3. The molecule has 0 fully saturated rings. The van der Waals surface area contributed by atoms with Crippen molar-refractivity contribution in [2.45, 2.75) is 46.7 Å². The zero-order valence-electron chi connectivity index (χ0n) is 11.8. The number of aromatic nitrogens is 2. The minimum atomic E-state index is -1.05. The number of carbonyl (C=O) groups excluding carboxylic acids is 1. The highest BCUT2D eigenvalue weighted by atomic mass is 16.4. The molecule has 0 aliphatic heterocycles. The minimum Gasteiger partial charge on any atom is -0.480 e. The van der Waals surface area contributed by atoms with Crippen LogP contribution in [0.25, 0.3) is 0 Å². The summed E-state index contributed by atoms with van der Waals surface area (Å²) in [4.78, 5) is 22.7. The Hall–Kier alpha value is -1.85. The number of nitrogens with zero attached hydrogens (tertiary/aromatic N) is 2. The topological polar surface area (TPSA) is 84.2 Å². The summed E-state index contributed by atoms with van der Waals surface area (Å²) in [7, 11) is 0. The van der Waals surface area contributed by atoms with Crippen LogP contribution in [-0.2, 0) is 17.8 Å². The molecule has 106 valence electrons. The van der Waals surface area contributed by atoms with Crippen molar-refractivity contribution >= 4 is 11.9 Å². The third-order valence-electron chi connectivity index (χ3n) is 2.78. The van der Waals surface area contributed by atoms with Gasteiger partial charge in [0.2, 0.25) is 0 Å². The largest absolute Gasteiger partial charge is 0.480 e. The second-order valence-corrected chi connectivity index (χ2v) is 4.97. The number of aliphatic carboxylic acids is 1. The molecule has 1 heterocycles. The maximum absolute atomic E-state index is 12.0. The maximum Gasteiger partial charge on any atom is 0.325 e. The first-order chi connectivity index (χ1) is 8.86. The van der Waals surface area contributed by atoms with Crippen LogP contribution in [0.2, 0.25) is 0 Å². The van der Waals surface area contributed by atoms with E-state index in [-0.39, 0.29) is 5.91 Å². The summed E-state index contributed by atoms with van der Waals surface area (Å²) in [6.45, 7) is 8.28. The first kappa shape index (κ1) is 15.2. The van der Waals surface area contributed by atoms with Crippen molar-refractivity contribution in [1.82, 2.24) is 15.1 Å². The Labute approximate surface area is 112 Å². The molecule has 0 saturated carbocycles. The zero-order chi connectivity index (χ0) is 14.6. The van der Waals surface area contributed by atoms with Crippen LogP contribution in [0, 0.1) is 5.92 Å². The third-order valence-corrected chi connectivity index (χ3v) is 2.78. The number of carbonyl (C=O) groups is 2. The Morgan fingerprint density at radius 3 is 2.53 bits per heavy atom. The third kappa shape index (κ3) is 3.81. The molecule has 0 saturated heterocycles. The fourth-order valence-corrected chi connectivity index (χ4v) is 1.81. The van der Waals surface area contributed by atoms with E-state index < -0.39 is 12.0 Å². The molecular weight excluding hydrogens is 246 g/mol. The monoisotopic (exact) mass is 267 g/mol. The molecule has 1 aromatic rings. The van der Waals surface area contributed by atoms with E-state index in [4.69, 9.17) is 5.11 Å². The number of carboxylic acids is 1. The quantitative estimate of drug-likeness (QED) is 0.813. The molecule has 2 N–H and O–H groups in total. The van der Waals surface area contributed by atoms with Gasteiger partial charge in [0, 0.05) is 6.54 Å². The van der Waals surface area contributed by atoms with E-state index in [9.17, 15) is 9.59 Å². The van der Waals surface area contributed by atoms with Crippen molar-refractivity contribution in [1.29, 1.82) is 0 Å². The van der Waals surface area contributed by atoms with Gasteiger partial charge < -0.3 is 10.4 Å². The molecule has 0 aliphatic carbocycles. The predicted octanol–water partition coefficient (Wildman–Crippen LogP) is 1.30. The van der Waals surface area contributed by atoms with Crippen LogP contribution in [0.1, 0.15) is 43.7 Å². The molecule has 0 radical (unpaired) electrons. The van der Waals surface area contributed by atoms with E-state index in [0.717, 1.165) is 12.2 Å². The van der Waals surface area contributed by atoms with Crippen molar-refractivity contribution in [2.75, 3.05) is 0 Å². The molecule has 1 rings (SSSR count). The number of hydrogen-bond acceptors (Lipinski definition) is 3. The Balaban J connectivity index is 2.91. The van der Waals surface area contributed by atoms with Gasteiger partial charge >= 0.3 is 5.97 Å². The van der Waals surface area contributed by atoms with E-state index in [0.29, 0.717) is 17.9 Å². The Morgan fingerprint density at radius 1 is 1.42 bits per heavy atom. The molecule has 1 amide bonds. The highest BCUT2D eigenvalue weighted by Crippen LogP contribution is 2.12. The summed E-state index contributed by atoms with van der Waals surface area (Å²) in [6.07, 6.45) is 2.18. The van der Waals surface area contributed by atoms with Gasteiger partial charge in [-0.15, -0.1) is 0 Å². The SMILES string of the molecule is CCc1c(C(=O)N[C@H](C)C(=O)O)cnn1CC(C)C. The molecule has 19 heavy (non-hydrogen) atoms. The molecule has 0 unspecified atom stereocenters. The van der Waals surface area contributed by atoms with Crippen LogP contribution in [0.3, 0.4) is 0 Å². The summed E-state index contributed by atoms with van der Waals surface area (Å²) >= 11 is 0. The Bertz CT molecular complexity index is 466. The highest BCUT2D eigenvalue weighted by Gasteiger charge is 2.20. The minimum absolute atomic E-state index is 0.387. The highest BCUT2D eigenvalue weighted by molar-refractivity contribution is 5.97. The standard InChI is InChI=1S/C13H21N3O3/c1-5-11-10(6-14-16(11)7-8(2)3)12(17)15-9(4)13(18)19/h6,8-9H,5,7H2,1-4H3,(H,15,17)(H,18,19)/t9-/m1/s1. The average Bonchev–Trinajstić information content (AvgIpc) is 2.70. The van der Waals surface area contributed by atoms with Gasteiger partial charge in [-0.25, -0.2) is 0 Å². The molecule has 0 aromatic carbocycles. The molecule has 0 spiro atoms. The molecule has 6 heteroatoms. The van der Waals surface area contributed by atoms with Crippen molar-refractivity contribution in [3.8, 4) is 0 Å². The summed E-state index contributed by atoms with van der Waals surface area (Å²) in [6, 6.07) is -0.911. The van der Waals surface area contributed by atoms with Crippen LogP contribution < -0.4 is 5.32 Å². The van der Waals surface area contributed by atoms with E-state index in [1.165, 1.54) is 13.1 Å². The maximum atomic E-state index is 12.0. The van der Waals surface area contributed by atoms with Crippen LogP contribution in [0.5, 0.6) is 0 Å². The molecule has 0 bridgehead atoms. The van der Waals surface area contributed by atoms with Crippen LogP contribution in [0.4, 0.5) is 0 Å². The lowest BCUT2D eigenvalue weighted by atomic mass is 10.1. The van der Waals surface area contributed by atoms with E-state index in [2.05, 4.69) is 24.3 Å². The smallest absolute Gasteiger partial charge is 0.325 e. The second kappa shape index (κ2) is 6.36. The van der Waals surface area contributed by atoms with Crippen molar-refractivity contribution in [3.05, 3.63) is 17.5 Å². The zero-order valence-corrected chi connectivity index (χ0v) is 11.8. The van der Waals surface area contributed by atoms with Crippen molar-refractivity contribution in [3.63, 3.8) is 0 Å². The van der Waals surface area contributed by atoms with E-state index in [1.54, 1.807) is 0 Å². The van der Waals surface area contributed by atoms with Crippen LogP contribution >= 0.6 is 0 Å². The molecule has 0 aliphatic rings. The number of carboxylic acid groups (broad SMARTS) is 1. The lowest BCUT2D eigenvalue weighted by molar-refractivity contribution is -0.138. The van der Waals surface area contributed by atoms with Crippen LogP contribution in [0.15, 0.2) is 6.20 Å². The predicted molar refractivity (Wildman–Crippen MR) is 71.0 cm³/mol. The summed E-state index contributed by atoms with van der Waals surface area (Å²) in [5.74, 6) is -1.01. The Kier molecular flexibility index (Phi) is 5.09.